The first-order valence-corrected chi connectivity index (χ1v) is 8.94. The van der Waals surface area contributed by atoms with E-state index < -0.39 is 0 Å². The molecule has 1 fully saturated rings. The van der Waals surface area contributed by atoms with E-state index >= 15 is 0 Å². The summed E-state index contributed by atoms with van der Waals surface area (Å²) in [6.07, 6.45) is 5.67. The Hall–Kier alpha value is -2.44. The second-order valence-corrected chi connectivity index (χ2v) is 6.55. The summed E-state index contributed by atoms with van der Waals surface area (Å²) in [5, 5.41) is 6.87. The Bertz CT molecular complexity index is 698. The second kappa shape index (κ2) is 8.09. The number of nitrogens with one attached hydrogen (secondary N) is 1. The number of hydrogen-bond acceptors (Lipinski definition) is 6. The van der Waals surface area contributed by atoms with Gasteiger partial charge in [0.15, 0.2) is 5.82 Å². The first-order valence-electron chi connectivity index (χ1n) is 8.94. The minimum Gasteiger partial charge on any atom is -0.356 e. The number of aryl methyl sites for hydroxylation is 1. The monoisotopic (exact) mass is 343 g/mol. The average molecular weight is 343 g/mol. The number of aromatic nitrogens is 3. The zero-order chi connectivity index (χ0) is 17.6. The van der Waals surface area contributed by atoms with E-state index in [1.807, 2.05) is 26.0 Å². The standard InChI is InChI=1S/C18H25N5O2/c1-3-8-19-18(24)15-6-7-17(20-11-15)23-9-4-5-14(12-23)10-16-21-13(2)25-22-16/h6-7,11,14H,3-5,8-10,12H2,1-2H3,(H,19,24)/t14-/m0/s1. The molecule has 1 aliphatic heterocycles. The fourth-order valence-corrected chi connectivity index (χ4v) is 3.17. The predicted molar refractivity (Wildman–Crippen MR) is 94.5 cm³/mol. The molecule has 134 valence electrons. The summed E-state index contributed by atoms with van der Waals surface area (Å²) in [5.74, 6) is 2.73. The molecule has 1 aliphatic rings. The molecule has 2 aromatic rings. The van der Waals surface area contributed by atoms with Gasteiger partial charge in [-0.1, -0.05) is 12.1 Å². The molecule has 3 rings (SSSR count). The Kier molecular flexibility index (Phi) is 5.63. The molecule has 0 bridgehead atoms. The van der Waals surface area contributed by atoms with E-state index in [-0.39, 0.29) is 5.91 Å². The van der Waals surface area contributed by atoms with E-state index in [9.17, 15) is 4.79 Å². The zero-order valence-corrected chi connectivity index (χ0v) is 14.9. The van der Waals surface area contributed by atoms with E-state index in [2.05, 4.69) is 25.3 Å². The fraction of sp³-hybridized carbons (Fsp3) is 0.556. The van der Waals surface area contributed by atoms with E-state index in [0.717, 1.165) is 50.4 Å². The van der Waals surface area contributed by atoms with Crippen LogP contribution in [0.4, 0.5) is 5.82 Å². The lowest BCUT2D eigenvalue weighted by molar-refractivity contribution is 0.0953. The van der Waals surface area contributed by atoms with Gasteiger partial charge in [0, 0.05) is 39.2 Å². The van der Waals surface area contributed by atoms with E-state index in [0.29, 0.717) is 23.9 Å². The number of nitrogens with zero attached hydrogens (tertiary/aromatic N) is 4. The molecule has 2 aromatic heterocycles. The van der Waals surface area contributed by atoms with Gasteiger partial charge >= 0.3 is 0 Å². The van der Waals surface area contributed by atoms with Crippen LogP contribution < -0.4 is 10.2 Å². The van der Waals surface area contributed by atoms with Crippen LogP contribution in [0.15, 0.2) is 22.9 Å². The Morgan fingerprint density at radius 2 is 2.32 bits per heavy atom. The van der Waals surface area contributed by atoms with Gasteiger partial charge in [0.05, 0.1) is 5.56 Å². The van der Waals surface area contributed by atoms with Gasteiger partial charge in [-0.2, -0.15) is 4.98 Å². The molecule has 1 amide bonds. The van der Waals surface area contributed by atoms with Gasteiger partial charge in [-0.15, -0.1) is 0 Å². The minimum atomic E-state index is -0.0649. The smallest absolute Gasteiger partial charge is 0.252 e. The zero-order valence-electron chi connectivity index (χ0n) is 14.9. The number of carbonyl (C=O) groups excluding carboxylic acids is 1. The lowest BCUT2D eigenvalue weighted by Crippen LogP contribution is -2.37. The third-order valence-electron chi connectivity index (χ3n) is 4.43. The highest BCUT2D eigenvalue weighted by Gasteiger charge is 2.23. The summed E-state index contributed by atoms with van der Waals surface area (Å²) >= 11 is 0. The van der Waals surface area contributed by atoms with Gasteiger partial charge in [0.2, 0.25) is 5.89 Å². The minimum absolute atomic E-state index is 0.0649. The number of hydrogen-bond donors (Lipinski definition) is 1. The van der Waals surface area contributed by atoms with Crippen LogP contribution in [0.1, 0.15) is 48.3 Å². The van der Waals surface area contributed by atoms with Crippen molar-refractivity contribution in [2.75, 3.05) is 24.5 Å². The van der Waals surface area contributed by atoms with Crippen molar-refractivity contribution in [3.8, 4) is 0 Å². The summed E-state index contributed by atoms with van der Waals surface area (Å²) < 4.78 is 5.06. The van der Waals surface area contributed by atoms with Crippen LogP contribution in [-0.4, -0.2) is 40.7 Å². The number of piperidine rings is 1. The van der Waals surface area contributed by atoms with E-state index in [1.54, 1.807) is 6.20 Å². The van der Waals surface area contributed by atoms with E-state index in [1.165, 1.54) is 0 Å². The van der Waals surface area contributed by atoms with Crippen LogP contribution in [0.2, 0.25) is 0 Å². The molecule has 0 aromatic carbocycles. The highest BCUT2D eigenvalue weighted by atomic mass is 16.5. The largest absolute Gasteiger partial charge is 0.356 e. The van der Waals surface area contributed by atoms with E-state index in [4.69, 9.17) is 4.52 Å². The molecule has 7 heteroatoms. The topological polar surface area (TPSA) is 84.2 Å². The predicted octanol–water partition coefficient (Wildman–Crippen LogP) is 2.37. The van der Waals surface area contributed by atoms with Crippen LogP contribution in [0.25, 0.3) is 0 Å². The normalized spacial score (nSPS) is 17.5. The van der Waals surface area contributed by atoms with Crippen molar-refractivity contribution in [1.82, 2.24) is 20.4 Å². The molecular formula is C18H25N5O2. The summed E-state index contributed by atoms with van der Waals surface area (Å²) in [4.78, 5) is 23.0. The highest BCUT2D eigenvalue weighted by Crippen LogP contribution is 2.24. The number of pyridine rings is 1. The maximum atomic E-state index is 12.0. The van der Waals surface area contributed by atoms with Gasteiger partial charge in [0.25, 0.3) is 5.91 Å². The Morgan fingerprint density at radius 3 is 3.00 bits per heavy atom. The van der Waals surface area contributed by atoms with Crippen LogP contribution >= 0.6 is 0 Å². The van der Waals surface area contributed by atoms with Gasteiger partial charge in [-0.05, 0) is 37.3 Å². The van der Waals surface area contributed by atoms with Gasteiger partial charge in [0.1, 0.15) is 5.82 Å². The molecule has 0 radical (unpaired) electrons. The number of amides is 1. The molecule has 0 unspecified atom stereocenters. The maximum Gasteiger partial charge on any atom is 0.252 e. The first kappa shape index (κ1) is 17.4. The molecular weight excluding hydrogens is 318 g/mol. The fourth-order valence-electron chi connectivity index (χ4n) is 3.17. The first-order chi connectivity index (χ1) is 12.2. The van der Waals surface area contributed by atoms with Gasteiger partial charge in [-0.3, -0.25) is 4.79 Å². The Morgan fingerprint density at radius 1 is 1.44 bits per heavy atom. The van der Waals surface area contributed by atoms with Crippen molar-refractivity contribution >= 4 is 11.7 Å². The second-order valence-electron chi connectivity index (χ2n) is 6.55. The van der Waals surface area contributed by atoms with Gasteiger partial charge < -0.3 is 14.7 Å². The summed E-state index contributed by atoms with van der Waals surface area (Å²) in [7, 11) is 0. The SMILES string of the molecule is CCCNC(=O)c1ccc(N2CCC[C@@H](Cc3noc(C)n3)C2)nc1. The van der Waals surface area contributed by atoms with Crippen molar-refractivity contribution in [2.24, 2.45) is 5.92 Å². The van der Waals surface area contributed by atoms with Crippen molar-refractivity contribution in [3.63, 3.8) is 0 Å². The Labute approximate surface area is 147 Å². The van der Waals surface area contributed by atoms with Crippen molar-refractivity contribution in [2.45, 2.75) is 39.5 Å². The van der Waals surface area contributed by atoms with Gasteiger partial charge in [-0.25, -0.2) is 4.98 Å². The number of carbonyl (C=O) groups is 1. The van der Waals surface area contributed by atoms with Crippen LogP contribution in [0.5, 0.6) is 0 Å². The molecule has 3 heterocycles. The molecule has 0 saturated carbocycles. The lowest BCUT2D eigenvalue weighted by Gasteiger charge is -2.33. The Balaban J connectivity index is 1.60. The maximum absolute atomic E-state index is 12.0. The summed E-state index contributed by atoms with van der Waals surface area (Å²) in [5.41, 5.74) is 0.605. The molecule has 0 aliphatic carbocycles. The molecule has 1 saturated heterocycles. The van der Waals surface area contributed by atoms with Crippen LogP contribution in [-0.2, 0) is 6.42 Å². The molecule has 25 heavy (non-hydrogen) atoms. The van der Waals surface area contributed by atoms with Crippen molar-refractivity contribution < 1.29 is 9.32 Å². The molecule has 1 N–H and O–H groups in total. The van der Waals surface area contributed by atoms with Crippen molar-refractivity contribution in [3.05, 3.63) is 35.6 Å². The average Bonchev–Trinajstić information content (AvgIpc) is 3.05. The highest BCUT2D eigenvalue weighted by molar-refractivity contribution is 5.94. The summed E-state index contributed by atoms with van der Waals surface area (Å²) in [6.45, 7) is 6.43. The lowest BCUT2D eigenvalue weighted by atomic mass is 9.94. The quantitative estimate of drug-likeness (QED) is 0.867. The van der Waals surface area contributed by atoms with Crippen LogP contribution in [0, 0.1) is 12.8 Å². The third-order valence-corrected chi connectivity index (χ3v) is 4.43. The molecule has 7 nitrogen and oxygen atoms in total. The molecule has 1 atom stereocenters. The third kappa shape index (κ3) is 4.55. The summed E-state index contributed by atoms with van der Waals surface area (Å²) in [6, 6.07) is 3.78. The molecule has 0 spiro atoms. The number of anilines is 1. The van der Waals surface area contributed by atoms with Crippen LogP contribution in [0.3, 0.4) is 0 Å². The van der Waals surface area contributed by atoms with Crippen molar-refractivity contribution in [1.29, 1.82) is 0 Å². The number of rotatable bonds is 6.